The standard InChI is InChI=1S/C15H22FNO/c1-3-11-6-4-5-7-14(11)17-12-8-9-13(16)15(10-12)18-2/h8-11,14,17H,3-7H2,1-2H3. The molecular formula is C15H22FNO. The molecule has 100 valence electrons. The number of hydrogen-bond acceptors (Lipinski definition) is 2. The molecule has 18 heavy (non-hydrogen) atoms. The summed E-state index contributed by atoms with van der Waals surface area (Å²) in [6.07, 6.45) is 6.33. The molecule has 0 aliphatic heterocycles. The SMILES string of the molecule is CCC1CCCCC1Nc1ccc(F)c(OC)c1. The third-order valence-electron chi connectivity index (χ3n) is 3.94. The van der Waals surface area contributed by atoms with Crippen LogP contribution >= 0.6 is 0 Å². The van der Waals surface area contributed by atoms with E-state index in [1.165, 1.54) is 45.3 Å². The predicted octanol–water partition coefficient (Wildman–Crippen LogP) is 4.22. The van der Waals surface area contributed by atoms with Crippen LogP contribution in [0.2, 0.25) is 0 Å². The van der Waals surface area contributed by atoms with Crippen LogP contribution in [0.15, 0.2) is 18.2 Å². The smallest absolute Gasteiger partial charge is 0.165 e. The molecule has 2 atom stereocenters. The van der Waals surface area contributed by atoms with Gasteiger partial charge >= 0.3 is 0 Å². The fourth-order valence-corrected chi connectivity index (χ4v) is 2.85. The highest BCUT2D eigenvalue weighted by Gasteiger charge is 2.23. The summed E-state index contributed by atoms with van der Waals surface area (Å²) >= 11 is 0. The van der Waals surface area contributed by atoms with Crippen molar-refractivity contribution in [1.29, 1.82) is 0 Å². The summed E-state index contributed by atoms with van der Waals surface area (Å²) in [7, 11) is 1.50. The Bertz CT molecular complexity index is 394. The molecule has 0 bridgehead atoms. The summed E-state index contributed by atoms with van der Waals surface area (Å²) < 4.78 is 18.4. The Kier molecular flexibility index (Phi) is 4.45. The molecule has 0 heterocycles. The van der Waals surface area contributed by atoms with Crippen LogP contribution in [0.4, 0.5) is 10.1 Å². The van der Waals surface area contributed by atoms with Crippen LogP contribution in [0.1, 0.15) is 39.0 Å². The number of benzene rings is 1. The molecule has 0 saturated heterocycles. The average molecular weight is 251 g/mol. The van der Waals surface area contributed by atoms with E-state index in [0.717, 1.165) is 11.6 Å². The molecule has 1 aliphatic carbocycles. The molecule has 0 radical (unpaired) electrons. The average Bonchev–Trinajstić information content (AvgIpc) is 2.41. The number of methoxy groups -OCH3 is 1. The van der Waals surface area contributed by atoms with E-state index >= 15 is 0 Å². The van der Waals surface area contributed by atoms with Crippen LogP contribution < -0.4 is 10.1 Å². The van der Waals surface area contributed by atoms with Crippen LogP contribution in [0, 0.1) is 11.7 Å². The lowest BCUT2D eigenvalue weighted by atomic mass is 9.83. The van der Waals surface area contributed by atoms with Crippen LogP contribution in [0.5, 0.6) is 5.75 Å². The molecule has 3 heteroatoms. The molecule has 1 aromatic carbocycles. The lowest BCUT2D eigenvalue weighted by Gasteiger charge is -2.32. The molecule has 2 rings (SSSR count). The lowest BCUT2D eigenvalue weighted by molar-refractivity contribution is 0.317. The van der Waals surface area contributed by atoms with Crippen molar-refractivity contribution in [2.75, 3.05) is 12.4 Å². The fourth-order valence-electron chi connectivity index (χ4n) is 2.85. The summed E-state index contributed by atoms with van der Waals surface area (Å²) in [5, 5.41) is 3.54. The minimum atomic E-state index is -0.307. The minimum Gasteiger partial charge on any atom is -0.494 e. The van der Waals surface area contributed by atoms with Crippen molar-refractivity contribution < 1.29 is 9.13 Å². The van der Waals surface area contributed by atoms with Gasteiger partial charge in [-0.2, -0.15) is 0 Å². The van der Waals surface area contributed by atoms with E-state index in [4.69, 9.17) is 4.74 Å². The van der Waals surface area contributed by atoms with E-state index < -0.39 is 0 Å². The summed E-state index contributed by atoms with van der Waals surface area (Å²) in [6.45, 7) is 2.25. The lowest BCUT2D eigenvalue weighted by Crippen LogP contribution is -2.31. The van der Waals surface area contributed by atoms with E-state index in [2.05, 4.69) is 12.2 Å². The summed E-state index contributed by atoms with van der Waals surface area (Å²) in [4.78, 5) is 0. The molecular weight excluding hydrogens is 229 g/mol. The van der Waals surface area contributed by atoms with E-state index in [9.17, 15) is 4.39 Å². The monoisotopic (exact) mass is 251 g/mol. The van der Waals surface area contributed by atoms with Gasteiger partial charge in [-0.1, -0.05) is 26.2 Å². The Morgan fingerprint density at radius 1 is 1.33 bits per heavy atom. The van der Waals surface area contributed by atoms with Crippen molar-refractivity contribution in [2.45, 2.75) is 45.1 Å². The van der Waals surface area contributed by atoms with Gasteiger partial charge in [0.1, 0.15) is 0 Å². The molecule has 1 fully saturated rings. The second-order valence-electron chi connectivity index (χ2n) is 5.05. The van der Waals surface area contributed by atoms with Gasteiger partial charge in [0.05, 0.1) is 7.11 Å². The number of halogens is 1. The Balaban J connectivity index is 2.07. The van der Waals surface area contributed by atoms with Gasteiger partial charge in [0.25, 0.3) is 0 Å². The van der Waals surface area contributed by atoms with Crippen LogP contribution in [-0.4, -0.2) is 13.2 Å². The zero-order valence-electron chi connectivity index (χ0n) is 11.2. The van der Waals surface area contributed by atoms with Crippen LogP contribution in [-0.2, 0) is 0 Å². The Morgan fingerprint density at radius 2 is 2.11 bits per heavy atom. The van der Waals surface area contributed by atoms with Crippen molar-refractivity contribution in [3.8, 4) is 5.75 Å². The topological polar surface area (TPSA) is 21.3 Å². The molecule has 1 aliphatic rings. The van der Waals surface area contributed by atoms with Crippen molar-refractivity contribution >= 4 is 5.69 Å². The van der Waals surface area contributed by atoms with Gasteiger partial charge in [0.15, 0.2) is 11.6 Å². The predicted molar refractivity (Wildman–Crippen MR) is 72.6 cm³/mol. The van der Waals surface area contributed by atoms with Crippen molar-refractivity contribution in [3.63, 3.8) is 0 Å². The first kappa shape index (κ1) is 13.2. The van der Waals surface area contributed by atoms with Gasteiger partial charge in [0.2, 0.25) is 0 Å². The van der Waals surface area contributed by atoms with Crippen molar-refractivity contribution in [1.82, 2.24) is 0 Å². The number of rotatable bonds is 4. The maximum absolute atomic E-state index is 13.3. The molecule has 0 amide bonds. The second kappa shape index (κ2) is 6.07. The van der Waals surface area contributed by atoms with E-state index in [-0.39, 0.29) is 5.82 Å². The zero-order valence-corrected chi connectivity index (χ0v) is 11.2. The first-order chi connectivity index (χ1) is 8.74. The Morgan fingerprint density at radius 3 is 2.83 bits per heavy atom. The van der Waals surface area contributed by atoms with Gasteiger partial charge in [0, 0.05) is 17.8 Å². The van der Waals surface area contributed by atoms with E-state index in [1.54, 1.807) is 12.1 Å². The molecule has 2 unspecified atom stereocenters. The second-order valence-corrected chi connectivity index (χ2v) is 5.05. The normalized spacial score (nSPS) is 23.7. The fraction of sp³-hybridized carbons (Fsp3) is 0.600. The Hall–Kier alpha value is -1.25. The number of nitrogens with one attached hydrogen (secondary N) is 1. The van der Waals surface area contributed by atoms with Gasteiger partial charge < -0.3 is 10.1 Å². The maximum atomic E-state index is 13.3. The molecule has 2 nitrogen and oxygen atoms in total. The van der Waals surface area contributed by atoms with Gasteiger partial charge in [-0.3, -0.25) is 0 Å². The third-order valence-corrected chi connectivity index (χ3v) is 3.94. The first-order valence-electron chi connectivity index (χ1n) is 6.84. The molecule has 1 N–H and O–H groups in total. The quantitative estimate of drug-likeness (QED) is 0.865. The number of ether oxygens (including phenoxy) is 1. The summed E-state index contributed by atoms with van der Waals surface area (Å²) in [6, 6.07) is 5.51. The van der Waals surface area contributed by atoms with Crippen molar-refractivity contribution in [2.24, 2.45) is 5.92 Å². The molecule has 0 aromatic heterocycles. The van der Waals surface area contributed by atoms with Crippen LogP contribution in [0.25, 0.3) is 0 Å². The van der Waals surface area contributed by atoms with Crippen LogP contribution in [0.3, 0.4) is 0 Å². The van der Waals surface area contributed by atoms with Gasteiger partial charge in [-0.05, 0) is 30.9 Å². The van der Waals surface area contributed by atoms with Gasteiger partial charge in [-0.15, -0.1) is 0 Å². The highest BCUT2D eigenvalue weighted by molar-refractivity contribution is 5.49. The maximum Gasteiger partial charge on any atom is 0.165 e. The van der Waals surface area contributed by atoms with Crippen molar-refractivity contribution in [3.05, 3.63) is 24.0 Å². The van der Waals surface area contributed by atoms with E-state index in [1.807, 2.05) is 0 Å². The van der Waals surface area contributed by atoms with E-state index in [0.29, 0.717) is 11.8 Å². The third kappa shape index (κ3) is 2.95. The molecule has 1 saturated carbocycles. The highest BCUT2D eigenvalue weighted by atomic mass is 19.1. The minimum absolute atomic E-state index is 0.307. The molecule has 0 spiro atoms. The largest absolute Gasteiger partial charge is 0.494 e. The zero-order chi connectivity index (χ0) is 13.0. The highest BCUT2D eigenvalue weighted by Crippen LogP contribution is 2.30. The molecule has 1 aromatic rings. The number of anilines is 1. The summed E-state index contributed by atoms with van der Waals surface area (Å²) in [5.41, 5.74) is 0.957. The number of hydrogen-bond donors (Lipinski definition) is 1. The van der Waals surface area contributed by atoms with Gasteiger partial charge in [-0.25, -0.2) is 4.39 Å². The summed E-state index contributed by atoms with van der Waals surface area (Å²) in [5.74, 6) is 0.734. The Labute approximate surface area is 109 Å². The first-order valence-corrected chi connectivity index (χ1v) is 6.84.